The van der Waals surface area contributed by atoms with E-state index >= 15 is 0 Å². The van der Waals surface area contributed by atoms with Gasteiger partial charge in [-0.15, -0.1) is 0 Å². The number of unbranched alkanes of at least 4 members (excludes halogenated alkanes) is 3. The van der Waals surface area contributed by atoms with Gasteiger partial charge in [-0.1, -0.05) is 38.3 Å². The molecule has 1 aromatic rings. The van der Waals surface area contributed by atoms with Crippen molar-refractivity contribution in [3.8, 4) is 0 Å². The van der Waals surface area contributed by atoms with Crippen LogP contribution in [0, 0.1) is 0 Å². The van der Waals surface area contributed by atoms with E-state index in [1.165, 1.54) is 48.3 Å². The molecule has 0 radical (unpaired) electrons. The Bertz CT molecular complexity index is 657. The number of rotatable bonds is 7. The van der Waals surface area contributed by atoms with Crippen molar-refractivity contribution in [2.45, 2.75) is 44.6 Å². The molecule has 1 aliphatic heterocycles. The summed E-state index contributed by atoms with van der Waals surface area (Å²) in [4.78, 5) is 7.05. The first-order valence-corrected chi connectivity index (χ1v) is 9.68. The number of fused-ring (bicyclic) bond motifs is 3. The van der Waals surface area contributed by atoms with Crippen LogP contribution < -0.4 is 9.80 Å². The molecule has 136 valence electrons. The fraction of sp³-hybridized carbons (Fsp3) is 0.545. The van der Waals surface area contributed by atoms with Crippen LogP contribution in [0.15, 0.2) is 42.1 Å². The van der Waals surface area contributed by atoms with E-state index in [0.717, 1.165) is 6.54 Å². The fourth-order valence-corrected chi connectivity index (χ4v) is 4.01. The van der Waals surface area contributed by atoms with Crippen molar-refractivity contribution < 1.29 is 0 Å². The van der Waals surface area contributed by atoms with Gasteiger partial charge in [0.1, 0.15) is 0 Å². The summed E-state index contributed by atoms with van der Waals surface area (Å²) < 4.78 is 0. The monoisotopic (exact) mass is 339 g/mol. The van der Waals surface area contributed by atoms with E-state index in [1.54, 1.807) is 0 Å². The fourth-order valence-electron chi connectivity index (χ4n) is 4.01. The third-order valence-electron chi connectivity index (χ3n) is 5.51. The predicted octanol–water partition coefficient (Wildman–Crippen LogP) is 4.62. The van der Waals surface area contributed by atoms with Crippen LogP contribution in [0.25, 0.3) is 0 Å². The summed E-state index contributed by atoms with van der Waals surface area (Å²) >= 11 is 0. The molecule has 0 saturated carbocycles. The SMILES string of the molecule is CCCCCCN1c2ccc(N(C)C)cc2C2C=C(N(C)C)C=CC21. The van der Waals surface area contributed by atoms with E-state index < -0.39 is 0 Å². The van der Waals surface area contributed by atoms with Crippen molar-refractivity contribution in [3.05, 3.63) is 47.7 Å². The van der Waals surface area contributed by atoms with Gasteiger partial charge in [-0.3, -0.25) is 0 Å². The molecule has 0 bridgehead atoms. The maximum atomic E-state index is 2.63. The van der Waals surface area contributed by atoms with Crippen LogP contribution in [0.5, 0.6) is 0 Å². The maximum Gasteiger partial charge on any atom is 0.0581 e. The van der Waals surface area contributed by atoms with Crippen LogP contribution in [0.4, 0.5) is 11.4 Å². The van der Waals surface area contributed by atoms with Gasteiger partial charge in [0.2, 0.25) is 0 Å². The highest BCUT2D eigenvalue weighted by Gasteiger charge is 2.37. The summed E-state index contributed by atoms with van der Waals surface area (Å²) in [5.74, 6) is 0.462. The number of hydrogen-bond donors (Lipinski definition) is 0. The van der Waals surface area contributed by atoms with Crippen molar-refractivity contribution in [3.63, 3.8) is 0 Å². The molecular weight excluding hydrogens is 306 g/mol. The molecule has 2 atom stereocenters. The van der Waals surface area contributed by atoms with Gasteiger partial charge in [0, 0.05) is 57.7 Å². The number of anilines is 2. The standard InChI is InChI=1S/C22H33N3/c1-6-7-8-9-14-25-21-12-10-17(23(2)3)15-19(21)20-16-18(24(4)5)11-13-22(20)25/h10-13,15-16,19,21H,6-9,14H2,1-5H3. The Hall–Kier alpha value is -1.90. The summed E-state index contributed by atoms with van der Waals surface area (Å²) in [6.45, 7) is 3.44. The average Bonchev–Trinajstić information content (AvgIpc) is 2.91. The average molecular weight is 340 g/mol. The molecule has 0 aromatic heterocycles. The highest BCUT2D eigenvalue weighted by molar-refractivity contribution is 5.70. The van der Waals surface area contributed by atoms with Crippen molar-refractivity contribution >= 4 is 11.4 Å². The Morgan fingerprint density at radius 2 is 1.80 bits per heavy atom. The lowest BCUT2D eigenvalue weighted by molar-refractivity contribution is 0.513. The van der Waals surface area contributed by atoms with Crippen LogP contribution in [-0.2, 0) is 0 Å². The van der Waals surface area contributed by atoms with E-state index in [9.17, 15) is 0 Å². The molecule has 3 nitrogen and oxygen atoms in total. The number of hydrogen-bond acceptors (Lipinski definition) is 3. The number of likely N-dealkylation sites (N-methyl/N-ethyl adjacent to an activating group) is 1. The van der Waals surface area contributed by atoms with Gasteiger partial charge in [0.15, 0.2) is 0 Å². The number of benzene rings is 1. The Labute approximate surface area is 153 Å². The first kappa shape index (κ1) is 17.9. The topological polar surface area (TPSA) is 9.72 Å². The minimum Gasteiger partial charge on any atom is -0.378 e. The van der Waals surface area contributed by atoms with Crippen molar-refractivity contribution in [2.24, 2.45) is 0 Å². The molecule has 0 saturated heterocycles. The van der Waals surface area contributed by atoms with Gasteiger partial charge in [-0.05, 0) is 36.3 Å². The molecule has 3 rings (SSSR count). The summed E-state index contributed by atoms with van der Waals surface area (Å²) in [7, 11) is 8.51. The molecule has 0 fully saturated rings. The lowest BCUT2D eigenvalue weighted by atomic mass is 9.89. The zero-order valence-electron chi connectivity index (χ0n) is 16.5. The molecule has 1 aromatic carbocycles. The van der Waals surface area contributed by atoms with Gasteiger partial charge in [0.25, 0.3) is 0 Å². The van der Waals surface area contributed by atoms with E-state index in [1.807, 2.05) is 0 Å². The number of allylic oxidation sites excluding steroid dienone is 1. The van der Waals surface area contributed by atoms with Crippen LogP contribution in [0.3, 0.4) is 0 Å². The molecule has 1 aliphatic carbocycles. The molecule has 25 heavy (non-hydrogen) atoms. The minimum absolute atomic E-state index is 0.462. The smallest absolute Gasteiger partial charge is 0.0581 e. The Kier molecular flexibility index (Phi) is 5.41. The quantitative estimate of drug-likeness (QED) is 0.671. The predicted molar refractivity (Wildman–Crippen MR) is 110 cm³/mol. The Morgan fingerprint density at radius 3 is 2.48 bits per heavy atom. The van der Waals surface area contributed by atoms with E-state index in [-0.39, 0.29) is 0 Å². The lowest BCUT2D eigenvalue weighted by Gasteiger charge is -2.30. The molecule has 0 amide bonds. The highest BCUT2D eigenvalue weighted by atomic mass is 15.2. The van der Waals surface area contributed by atoms with Gasteiger partial charge >= 0.3 is 0 Å². The van der Waals surface area contributed by atoms with Crippen LogP contribution in [-0.4, -0.2) is 45.7 Å². The van der Waals surface area contributed by atoms with Crippen LogP contribution in [0.1, 0.15) is 44.1 Å². The van der Waals surface area contributed by atoms with Crippen LogP contribution in [0.2, 0.25) is 0 Å². The van der Waals surface area contributed by atoms with Crippen molar-refractivity contribution in [1.29, 1.82) is 0 Å². The van der Waals surface area contributed by atoms with E-state index in [0.29, 0.717) is 12.0 Å². The molecule has 0 spiro atoms. The van der Waals surface area contributed by atoms with Crippen molar-refractivity contribution in [2.75, 3.05) is 44.5 Å². The second-order valence-electron chi connectivity index (χ2n) is 7.75. The zero-order chi connectivity index (χ0) is 18.0. The first-order chi connectivity index (χ1) is 12.0. The molecule has 3 heteroatoms. The normalized spacial score (nSPS) is 21.0. The van der Waals surface area contributed by atoms with Gasteiger partial charge < -0.3 is 14.7 Å². The molecule has 2 unspecified atom stereocenters. The molecule has 0 N–H and O–H groups in total. The van der Waals surface area contributed by atoms with Crippen molar-refractivity contribution in [1.82, 2.24) is 4.90 Å². The Morgan fingerprint density at radius 1 is 1.00 bits per heavy atom. The summed E-state index contributed by atoms with van der Waals surface area (Å²) in [5, 5.41) is 0. The second kappa shape index (κ2) is 7.55. The van der Waals surface area contributed by atoms with E-state index in [4.69, 9.17) is 0 Å². The summed E-state index contributed by atoms with van der Waals surface area (Å²) in [6.07, 6.45) is 12.4. The molecular formula is C22H33N3. The highest BCUT2D eigenvalue weighted by Crippen LogP contribution is 2.46. The third kappa shape index (κ3) is 3.56. The minimum atomic E-state index is 0.462. The summed E-state index contributed by atoms with van der Waals surface area (Å²) in [5.41, 5.74) is 5.52. The largest absolute Gasteiger partial charge is 0.378 e. The van der Waals surface area contributed by atoms with Gasteiger partial charge in [-0.2, -0.15) is 0 Å². The third-order valence-corrected chi connectivity index (χ3v) is 5.51. The van der Waals surface area contributed by atoms with Gasteiger partial charge in [-0.25, -0.2) is 0 Å². The first-order valence-electron chi connectivity index (χ1n) is 9.68. The van der Waals surface area contributed by atoms with Crippen LogP contribution >= 0.6 is 0 Å². The maximum absolute atomic E-state index is 2.63. The van der Waals surface area contributed by atoms with E-state index in [2.05, 4.69) is 86.2 Å². The number of nitrogens with zero attached hydrogens (tertiary/aromatic N) is 3. The summed E-state index contributed by atoms with van der Waals surface area (Å²) in [6, 6.07) is 7.45. The molecule has 2 aliphatic rings. The zero-order valence-corrected chi connectivity index (χ0v) is 16.5. The molecule has 1 heterocycles. The Balaban J connectivity index is 1.91. The lowest BCUT2D eigenvalue weighted by Crippen LogP contribution is -2.34. The second-order valence-corrected chi connectivity index (χ2v) is 7.75. The van der Waals surface area contributed by atoms with Gasteiger partial charge in [0.05, 0.1) is 6.04 Å².